The van der Waals surface area contributed by atoms with E-state index >= 15 is 0 Å². The molecule has 1 saturated heterocycles. The fraction of sp³-hybridized carbons (Fsp3) is 0.158. The lowest BCUT2D eigenvalue weighted by molar-refractivity contribution is -0.128. The lowest BCUT2D eigenvalue weighted by Gasteiger charge is -2.35. The van der Waals surface area contributed by atoms with Crippen LogP contribution < -0.4 is 5.32 Å². The number of piperazine rings is 1. The van der Waals surface area contributed by atoms with E-state index in [0.717, 1.165) is 0 Å². The molecule has 1 fully saturated rings. The van der Waals surface area contributed by atoms with Gasteiger partial charge in [0.25, 0.3) is 5.91 Å². The SMILES string of the molecule is O=C1NCCN(C(=O)c2cnn(-c3ccc(Cl)cc3)n2)C1c1ccccc1Cl. The number of hydrogen-bond acceptors (Lipinski definition) is 4. The van der Waals surface area contributed by atoms with Crippen LogP contribution in [-0.4, -0.2) is 44.8 Å². The molecule has 1 aliphatic rings. The number of aromatic nitrogens is 3. The molecule has 7 nitrogen and oxygen atoms in total. The molecule has 2 heterocycles. The zero-order valence-corrected chi connectivity index (χ0v) is 16.1. The molecule has 0 aliphatic carbocycles. The van der Waals surface area contributed by atoms with Gasteiger partial charge in [-0.25, -0.2) is 0 Å². The number of nitrogens with zero attached hydrogens (tertiary/aromatic N) is 4. The topological polar surface area (TPSA) is 80.1 Å². The first-order chi connectivity index (χ1) is 13.5. The molecule has 3 aromatic rings. The van der Waals surface area contributed by atoms with Gasteiger partial charge in [-0.2, -0.15) is 9.90 Å². The van der Waals surface area contributed by atoms with Crippen LogP contribution >= 0.6 is 23.2 Å². The van der Waals surface area contributed by atoms with Crippen molar-refractivity contribution in [3.05, 3.63) is 76.0 Å². The van der Waals surface area contributed by atoms with Gasteiger partial charge >= 0.3 is 0 Å². The van der Waals surface area contributed by atoms with Gasteiger partial charge in [0.05, 0.1) is 11.9 Å². The number of nitrogens with one attached hydrogen (secondary N) is 1. The van der Waals surface area contributed by atoms with E-state index in [-0.39, 0.29) is 17.5 Å². The van der Waals surface area contributed by atoms with Gasteiger partial charge in [0.15, 0.2) is 5.69 Å². The highest BCUT2D eigenvalue weighted by atomic mass is 35.5. The Hall–Kier alpha value is -2.90. The predicted octanol–water partition coefficient (Wildman–Crippen LogP) is 2.89. The molecule has 0 bridgehead atoms. The van der Waals surface area contributed by atoms with E-state index in [0.29, 0.717) is 34.4 Å². The van der Waals surface area contributed by atoms with Crippen molar-refractivity contribution in [1.29, 1.82) is 0 Å². The molecule has 1 unspecified atom stereocenters. The molecule has 2 amide bonds. The molecule has 9 heteroatoms. The molecule has 0 saturated carbocycles. The van der Waals surface area contributed by atoms with E-state index in [1.807, 2.05) is 0 Å². The van der Waals surface area contributed by atoms with Gasteiger partial charge in [0.1, 0.15) is 6.04 Å². The van der Waals surface area contributed by atoms with E-state index in [1.54, 1.807) is 48.5 Å². The first-order valence-electron chi connectivity index (χ1n) is 8.56. The fourth-order valence-electron chi connectivity index (χ4n) is 3.10. The average Bonchev–Trinajstić information content (AvgIpc) is 3.19. The Kier molecular flexibility index (Phi) is 5.02. The largest absolute Gasteiger partial charge is 0.352 e. The van der Waals surface area contributed by atoms with Gasteiger partial charge in [0.2, 0.25) is 5.91 Å². The summed E-state index contributed by atoms with van der Waals surface area (Å²) in [6, 6.07) is 13.1. The number of carbonyl (C=O) groups is 2. The van der Waals surface area contributed by atoms with Gasteiger partial charge in [-0.1, -0.05) is 41.4 Å². The number of halogens is 2. The molecule has 142 valence electrons. The predicted molar refractivity (Wildman–Crippen MR) is 105 cm³/mol. The Morgan fingerprint density at radius 3 is 2.61 bits per heavy atom. The number of rotatable bonds is 3. The molecular weight excluding hydrogens is 401 g/mol. The molecule has 1 N–H and O–H groups in total. The monoisotopic (exact) mass is 415 g/mol. The van der Waals surface area contributed by atoms with Crippen LogP contribution in [0, 0.1) is 0 Å². The third-order valence-electron chi connectivity index (χ3n) is 4.44. The number of amides is 2. The van der Waals surface area contributed by atoms with Crippen molar-refractivity contribution >= 4 is 35.0 Å². The molecule has 0 radical (unpaired) electrons. The minimum absolute atomic E-state index is 0.140. The van der Waals surface area contributed by atoms with Crippen molar-refractivity contribution in [2.75, 3.05) is 13.1 Å². The van der Waals surface area contributed by atoms with Gasteiger partial charge in [-0.3, -0.25) is 9.59 Å². The van der Waals surface area contributed by atoms with Crippen LogP contribution in [0.4, 0.5) is 0 Å². The smallest absolute Gasteiger partial charge is 0.277 e. The van der Waals surface area contributed by atoms with Crippen molar-refractivity contribution < 1.29 is 9.59 Å². The van der Waals surface area contributed by atoms with Gasteiger partial charge in [-0.15, -0.1) is 5.10 Å². The van der Waals surface area contributed by atoms with Crippen molar-refractivity contribution in [2.24, 2.45) is 0 Å². The number of carbonyl (C=O) groups excluding carboxylic acids is 2. The number of benzene rings is 2. The summed E-state index contributed by atoms with van der Waals surface area (Å²) < 4.78 is 0. The summed E-state index contributed by atoms with van der Waals surface area (Å²) in [5, 5.41) is 12.2. The molecule has 1 aromatic heterocycles. The first-order valence-corrected chi connectivity index (χ1v) is 9.31. The van der Waals surface area contributed by atoms with Crippen LogP contribution in [0.25, 0.3) is 5.69 Å². The van der Waals surface area contributed by atoms with Crippen LogP contribution in [0.1, 0.15) is 22.1 Å². The minimum Gasteiger partial charge on any atom is -0.352 e. The second-order valence-corrected chi connectivity index (χ2v) is 7.05. The zero-order valence-electron chi connectivity index (χ0n) is 14.5. The van der Waals surface area contributed by atoms with Crippen LogP contribution in [0.5, 0.6) is 0 Å². The normalized spacial score (nSPS) is 16.7. The van der Waals surface area contributed by atoms with Gasteiger partial charge < -0.3 is 10.2 Å². The maximum absolute atomic E-state index is 13.1. The molecule has 0 spiro atoms. The van der Waals surface area contributed by atoms with Crippen LogP contribution in [0.2, 0.25) is 10.0 Å². The van der Waals surface area contributed by atoms with Crippen LogP contribution in [-0.2, 0) is 4.79 Å². The second-order valence-electron chi connectivity index (χ2n) is 6.21. The lowest BCUT2D eigenvalue weighted by atomic mass is 10.0. The molecular formula is C19H15Cl2N5O2. The third kappa shape index (κ3) is 3.46. The van der Waals surface area contributed by atoms with Gasteiger partial charge in [0, 0.05) is 28.7 Å². The van der Waals surface area contributed by atoms with E-state index in [9.17, 15) is 9.59 Å². The maximum Gasteiger partial charge on any atom is 0.277 e. The highest BCUT2D eigenvalue weighted by Crippen LogP contribution is 2.30. The van der Waals surface area contributed by atoms with Crippen molar-refractivity contribution in [1.82, 2.24) is 25.2 Å². The third-order valence-corrected chi connectivity index (χ3v) is 5.04. The average molecular weight is 416 g/mol. The summed E-state index contributed by atoms with van der Waals surface area (Å²) >= 11 is 12.2. The fourth-order valence-corrected chi connectivity index (χ4v) is 3.46. The lowest BCUT2D eigenvalue weighted by Crippen LogP contribution is -2.52. The summed E-state index contributed by atoms with van der Waals surface area (Å²) in [6.07, 6.45) is 1.38. The summed E-state index contributed by atoms with van der Waals surface area (Å²) in [5.41, 5.74) is 1.38. The first kappa shape index (κ1) is 18.5. The highest BCUT2D eigenvalue weighted by Gasteiger charge is 2.36. The Bertz CT molecular complexity index is 1030. The van der Waals surface area contributed by atoms with Gasteiger partial charge in [-0.05, 0) is 30.3 Å². The standard InChI is InChI=1S/C19H15Cl2N5O2/c20-12-5-7-13(8-6-12)26-23-11-16(24-26)19(28)25-10-9-22-18(27)17(25)14-3-1-2-4-15(14)21/h1-8,11,17H,9-10H2,(H,22,27). The zero-order chi connectivity index (χ0) is 19.7. The quantitative estimate of drug-likeness (QED) is 0.712. The summed E-state index contributed by atoms with van der Waals surface area (Å²) in [4.78, 5) is 28.5. The molecule has 1 atom stereocenters. The Balaban J connectivity index is 1.65. The van der Waals surface area contributed by atoms with E-state index < -0.39 is 6.04 Å². The maximum atomic E-state index is 13.1. The Morgan fingerprint density at radius 2 is 1.86 bits per heavy atom. The second kappa shape index (κ2) is 7.61. The summed E-state index contributed by atoms with van der Waals surface area (Å²) in [5.74, 6) is -0.669. The molecule has 4 rings (SSSR count). The molecule has 28 heavy (non-hydrogen) atoms. The van der Waals surface area contributed by atoms with E-state index in [2.05, 4.69) is 15.5 Å². The minimum atomic E-state index is -0.823. The highest BCUT2D eigenvalue weighted by molar-refractivity contribution is 6.31. The van der Waals surface area contributed by atoms with Crippen LogP contribution in [0.15, 0.2) is 54.7 Å². The molecule has 1 aliphatic heterocycles. The summed E-state index contributed by atoms with van der Waals surface area (Å²) in [6.45, 7) is 0.700. The van der Waals surface area contributed by atoms with E-state index in [1.165, 1.54) is 15.9 Å². The summed E-state index contributed by atoms with van der Waals surface area (Å²) in [7, 11) is 0. The number of hydrogen-bond donors (Lipinski definition) is 1. The Labute approximate surface area is 170 Å². The van der Waals surface area contributed by atoms with E-state index in [4.69, 9.17) is 23.2 Å². The van der Waals surface area contributed by atoms with Crippen molar-refractivity contribution in [3.63, 3.8) is 0 Å². The Morgan fingerprint density at radius 1 is 1.11 bits per heavy atom. The van der Waals surface area contributed by atoms with Crippen molar-refractivity contribution in [3.8, 4) is 5.69 Å². The van der Waals surface area contributed by atoms with Crippen LogP contribution in [0.3, 0.4) is 0 Å². The molecule has 2 aromatic carbocycles. The van der Waals surface area contributed by atoms with Crippen molar-refractivity contribution in [2.45, 2.75) is 6.04 Å².